The highest BCUT2D eigenvalue weighted by molar-refractivity contribution is 5.74. The standard InChI is InChI=1S/C10H16N2O3/c1-3-4-5-11-10(15)12-7-8(2)6-9(13)14/h8H,5-7H2,1-2H3,(H,13,14)(H2,11,12,15). The van der Waals surface area contributed by atoms with E-state index in [0.717, 1.165) is 0 Å². The molecule has 1 unspecified atom stereocenters. The second kappa shape index (κ2) is 7.68. The molecule has 5 heteroatoms. The maximum absolute atomic E-state index is 11.1. The molecule has 2 amide bonds. The van der Waals surface area contributed by atoms with Gasteiger partial charge >= 0.3 is 12.0 Å². The van der Waals surface area contributed by atoms with Crippen LogP contribution >= 0.6 is 0 Å². The molecular weight excluding hydrogens is 196 g/mol. The van der Waals surface area contributed by atoms with Gasteiger partial charge in [-0.1, -0.05) is 12.8 Å². The molecule has 0 aromatic heterocycles. The summed E-state index contributed by atoms with van der Waals surface area (Å²) in [6, 6.07) is -0.324. The predicted molar refractivity (Wildman–Crippen MR) is 56.3 cm³/mol. The number of aliphatic carboxylic acids is 1. The van der Waals surface area contributed by atoms with Gasteiger partial charge in [-0.2, -0.15) is 0 Å². The van der Waals surface area contributed by atoms with Gasteiger partial charge in [-0.3, -0.25) is 4.79 Å². The van der Waals surface area contributed by atoms with Gasteiger partial charge in [0.05, 0.1) is 6.54 Å². The third-order valence-corrected chi connectivity index (χ3v) is 1.65. The van der Waals surface area contributed by atoms with Crippen LogP contribution in [0.2, 0.25) is 0 Å². The zero-order valence-corrected chi connectivity index (χ0v) is 8.96. The normalized spacial score (nSPS) is 10.8. The Labute approximate surface area is 89.2 Å². The van der Waals surface area contributed by atoms with Crippen molar-refractivity contribution in [2.75, 3.05) is 13.1 Å². The molecule has 0 aromatic carbocycles. The molecule has 84 valence electrons. The smallest absolute Gasteiger partial charge is 0.315 e. The molecule has 1 atom stereocenters. The highest BCUT2D eigenvalue weighted by Crippen LogP contribution is 1.98. The molecule has 0 aliphatic rings. The monoisotopic (exact) mass is 212 g/mol. The molecule has 0 aliphatic heterocycles. The van der Waals surface area contributed by atoms with Crippen molar-refractivity contribution in [1.82, 2.24) is 10.6 Å². The zero-order chi connectivity index (χ0) is 11.7. The Bertz CT molecular complexity index is 278. The summed E-state index contributed by atoms with van der Waals surface area (Å²) in [5.41, 5.74) is 0. The van der Waals surface area contributed by atoms with Crippen molar-refractivity contribution in [2.24, 2.45) is 5.92 Å². The minimum absolute atomic E-state index is 0.0506. The number of rotatable bonds is 5. The largest absolute Gasteiger partial charge is 0.481 e. The van der Waals surface area contributed by atoms with Crippen LogP contribution in [0, 0.1) is 17.8 Å². The van der Waals surface area contributed by atoms with Crippen molar-refractivity contribution in [3.8, 4) is 11.8 Å². The SMILES string of the molecule is CC#CCNC(=O)NCC(C)CC(=O)O. The topological polar surface area (TPSA) is 78.4 Å². The molecule has 0 rings (SSSR count). The molecule has 0 saturated heterocycles. The fourth-order valence-electron chi connectivity index (χ4n) is 0.913. The van der Waals surface area contributed by atoms with Crippen LogP contribution in [0.4, 0.5) is 4.79 Å². The minimum Gasteiger partial charge on any atom is -0.481 e. The van der Waals surface area contributed by atoms with Gasteiger partial charge in [0.1, 0.15) is 0 Å². The van der Waals surface area contributed by atoms with Crippen molar-refractivity contribution in [3.05, 3.63) is 0 Å². The summed E-state index contributed by atoms with van der Waals surface area (Å²) in [7, 11) is 0. The fraction of sp³-hybridized carbons (Fsp3) is 0.600. The molecule has 0 bridgehead atoms. The van der Waals surface area contributed by atoms with E-state index in [1.54, 1.807) is 13.8 Å². The Hall–Kier alpha value is -1.70. The van der Waals surface area contributed by atoms with Crippen LogP contribution in [0.3, 0.4) is 0 Å². The number of hydrogen-bond donors (Lipinski definition) is 3. The highest BCUT2D eigenvalue weighted by Gasteiger charge is 2.08. The molecule has 15 heavy (non-hydrogen) atoms. The molecule has 0 spiro atoms. The second-order valence-electron chi connectivity index (χ2n) is 3.19. The minimum atomic E-state index is -0.860. The summed E-state index contributed by atoms with van der Waals surface area (Å²) in [4.78, 5) is 21.4. The van der Waals surface area contributed by atoms with Crippen LogP contribution in [0.1, 0.15) is 20.3 Å². The van der Waals surface area contributed by atoms with Crippen LogP contribution in [0.25, 0.3) is 0 Å². The van der Waals surface area contributed by atoms with Gasteiger partial charge in [-0.25, -0.2) is 4.79 Å². The predicted octanol–water partition coefficient (Wildman–Crippen LogP) is 0.420. The number of urea groups is 1. The number of carbonyl (C=O) groups is 2. The van der Waals surface area contributed by atoms with E-state index >= 15 is 0 Å². The van der Waals surface area contributed by atoms with Gasteiger partial charge in [-0.15, -0.1) is 5.92 Å². The first-order valence-electron chi connectivity index (χ1n) is 4.69. The average molecular weight is 212 g/mol. The van der Waals surface area contributed by atoms with Gasteiger partial charge in [0.2, 0.25) is 0 Å². The maximum atomic E-state index is 11.1. The van der Waals surface area contributed by atoms with Gasteiger partial charge in [0, 0.05) is 13.0 Å². The van der Waals surface area contributed by atoms with Gasteiger partial charge in [0.25, 0.3) is 0 Å². The first-order valence-corrected chi connectivity index (χ1v) is 4.69. The lowest BCUT2D eigenvalue weighted by molar-refractivity contribution is -0.137. The summed E-state index contributed by atoms with van der Waals surface area (Å²) >= 11 is 0. The molecule has 0 radical (unpaired) electrons. The lowest BCUT2D eigenvalue weighted by Gasteiger charge is -2.10. The first-order chi connectivity index (χ1) is 7.06. The summed E-state index contributed by atoms with van der Waals surface area (Å²) < 4.78 is 0. The lowest BCUT2D eigenvalue weighted by Crippen LogP contribution is -2.38. The number of carboxylic acid groups (broad SMARTS) is 1. The van der Waals surface area contributed by atoms with Gasteiger partial charge in [0.15, 0.2) is 0 Å². The van der Waals surface area contributed by atoms with Crippen LogP contribution in [-0.2, 0) is 4.79 Å². The number of hydrogen-bond acceptors (Lipinski definition) is 2. The Balaban J connectivity index is 3.60. The number of nitrogens with one attached hydrogen (secondary N) is 2. The second-order valence-corrected chi connectivity index (χ2v) is 3.19. The molecule has 5 nitrogen and oxygen atoms in total. The van der Waals surface area contributed by atoms with Crippen LogP contribution in [0.5, 0.6) is 0 Å². The third-order valence-electron chi connectivity index (χ3n) is 1.65. The van der Waals surface area contributed by atoms with E-state index in [0.29, 0.717) is 13.1 Å². The van der Waals surface area contributed by atoms with E-state index in [9.17, 15) is 9.59 Å². The van der Waals surface area contributed by atoms with Crippen molar-refractivity contribution in [3.63, 3.8) is 0 Å². The number of carboxylic acids is 1. The van der Waals surface area contributed by atoms with Crippen LogP contribution < -0.4 is 10.6 Å². The Morgan fingerprint density at radius 1 is 1.40 bits per heavy atom. The maximum Gasteiger partial charge on any atom is 0.315 e. The molecule has 0 fully saturated rings. The van der Waals surface area contributed by atoms with Gasteiger partial charge < -0.3 is 15.7 Å². The van der Waals surface area contributed by atoms with E-state index < -0.39 is 5.97 Å². The van der Waals surface area contributed by atoms with E-state index in [1.807, 2.05) is 0 Å². The van der Waals surface area contributed by atoms with Crippen molar-refractivity contribution >= 4 is 12.0 Å². The van der Waals surface area contributed by atoms with Crippen molar-refractivity contribution < 1.29 is 14.7 Å². The van der Waals surface area contributed by atoms with Crippen molar-refractivity contribution in [1.29, 1.82) is 0 Å². The molecule has 0 heterocycles. The van der Waals surface area contributed by atoms with E-state index in [-0.39, 0.29) is 18.4 Å². The van der Waals surface area contributed by atoms with Gasteiger partial charge in [-0.05, 0) is 12.8 Å². The van der Waals surface area contributed by atoms with E-state index in [2.05, 4.69) is 22.5 Å². The quantitative estimate of drug-likeness (QED) is 0.578. The highest BCUT2D eigenvalue weighted by atomic mass is 16.4. The average Bonchev–Trinajstić information content (AvgIpc) is 2.14. The summed E-state index contributed by atoms with van der Waals surface area (Å²) in [5.74, 6) is 4.39. The van der Waals surface area contributed by atoms with Crippen LogP contribution in [-0.4, -0.2) is 30.2 Å². The van der Waals surface area contributed by atoms with E-state index in [4.69, 9.17) is 5.11 Å². The Kier molecular flexibility index (Phi) is 6.81. The number of carbonyl (C=O) groups excluding carboxylic acids is 1. The van der Waals surface area contributed by atoms with Crippen LogP contribution in [0.15, 0.2) is 0 Å². The lowest BCUT2D eigenvalue weighted by atomic mass is 10.1. The number of amides is 2. The summed E-state index contributed by atoms with van der Waals surface area (Å²) in [6.07, 6.45) is 0.0506. The first kappa shape index (κ1) is 13.3. The fourth-order valence-corrected chi connectivity index (χ4v) is 0.913. The summed E-state index contributed by atoms with van der Waals surface area (Å²) in [6.45, 7) is 4.10. The Morgan fingerprint density at radius 2 is 2.07 bits per heavy atom. The van der Waals surface area contributed by atoms with E-state index in [1.165, 1.54) is 0 Å². The molecule has 0 aliphatic carbocycles. The zero-order valence-electron chi connectivity index (χ0n) is 8.96. The molecule has 3 N–H and O–H groups in total. The summed E-state index contributed by atoms with van der Waals surface area (Å²) in [5, 5.41) is 13.6. The van der Waals surface area contributed by atoms with Crippen molar-refractivity contribution in [2.45, 2.75) is 20.3 Å². The molecule has 0 aromatic rings. The molecule has 0 saturated carbocycles. The third kappa shape index (κ3) is 8.63. The molecular formula is C10H16N2O3. The Morgan fingerprint density at radius 3 is 2.60 bits per heavy atom.